The lowest BCUT2D eigenvalue weighted by molar-refractivity contribution is 0.415. The van der Waals surface area contributed by atoms with Crippen LogP contribution in [0.5, 0.6) is 5.75 Å². The summed E-state index contributed by atoms with van der Waals surface area (Å²) >= 11 is 6.12. The number of oxazole rings is 1. The van der Waals surface area contributed by atoms with Crippen LogP contribution in [0.4, 0.5) is 0 Å². The summed E-state index contributed by atoms with van der Waals surface area (Å²) in [7, 11) is 1.64. The predicted octanol–water partition coefficient (Wildman–Crippen LogP) is 4.47. The molecule has 0 radical (unpaired) electrons. The zero-order chi connectivity index (χ0) is 13.4. The van der Waals surface area contributed by atoms with Gasteiger partial charge in [-0.1, -0.05) is 17.7 Å². The highest BCUT2D eigenvalue weighted by Gasteiger charge is 2.12. The summed E-state index contributed by atoms with van der Waals surface area (Å²) in [6, 6.07) is 11.3. The number of rotatable bonds is 2. The third kappa shape index (κ3) is 2.06. The van der Waals surface area contributed by atoms with Crippen molar-refractivity contribution in [3.63, 3.8) is 0 Å². The smallest absolute Gasteiger partial charge is 0.227 e. The number of methoxy groups -OCH3 is 1. The molecule has 0 N–H and O–H groups in total. The number of nitrogens with zero attached hydrogens (tertiary/aromatic N) is 1. The second-order valence-corrected chi connectivity index (χ2v) is 4.70. The Morgan fingerprint density at radius 1 is 1.11 bits per heavy atom. The van der Waals surface area contributed by atoms with Crippen LogP contribution in [0, 0.1) is 6.92 Å². The Bertz CT molecular complexity index is 693. The molecule has 0 saturated heterocycles. The molecule has 0 aliphatic carbocycles. The molecule has 0 amide bonds. The van der Waals surface area contributed by atoms with Gasteiger partial charge in [0.2, 0.25) is 5.89 Å². The van der Waals surface area contributed by atoms with Crippen LogP contribution in [0.1, 0.15) is 5.56 Å². The van der Waals surface area contributed by atoms with Crippen molar-refractivity contribution in [2.45, 2.75) is 6.92 Å². The number of fused-ring (bicyclic) bond motifs is 1. The maximum absolute atomic E-state index is 6.12. The molecular weight excluding hydrogens is 262 g/mol. The number of ether oxygens (including phenoxy) is 1. The number of halogens is 1. The van der Waals surface area contributed by atoms with E-state index >= 15 is 0 Å². The number of hydrogen-bond acceptors (Lipinski definition) is 3. The predicted molar refractivity (Wildman–Crippen MR) is 75.7 cm³/mol. The van der Waals surface area contributed by atoms with Gasteiger partial charge in [-0.15, -0.1) is 0 Å². The molecule has 0 spiro atoms. The van der Waals surface area contributed by atoms with Gasteiger partial charge in [0.05, 0.1) is 12.1 Å². The zero-order valence-electron chi connectivity index (χ0n) is 10.6. The van der Waals surface area contributed by atoms with Gasteiger partial charge in [0, 0.05) is 5.56 Å². The van der Waals surface area contributed by atoms with E-state index in [1.807, 2.05) is 43.3 Å². The first-order chi connectivity index (χ1) is 9.19. The Hall–Kier alpha value is -2.00. The summed E-state index contributed by atoms with van der Waals surface area (Å²) in [5.74, 6) is 1.36. The van der Waals surface area contributed by atoms with Crippen molar-refractivity contribution < 1.29 is 9.15 Å². The van der Waals surface area contributed by atoms with Crippen molar-refractivity contribution >= 4 is 22.7 Å². The Balaban J connectivity index is 2.14. The quantitative estimate of drug-likeness (QED) is 0.691. The van der Waals surface area contributed by atoms with Gasteiger partial charge >= 0.3 is 0 Å². The Labute approximate surface area is 115 Å². The highest BCUT2D eigenvalue weighted by Crippen LogP contribution is 2.31. The van der Waals surface area contributed by atoms with Crippen LogP contribution in [0.25, 0.3) is 22.6 Å². The van der Waals surface area contributed by atoms with E-state index < -0.39 is 0 Å². The van der Waals surface area contributed by atoms with E-state index in [1.165, 1.54) is 0 Å². The molecule has 0 fully saturated rings. The summed E-state index contributed by atoms with van der Waals surface area (Å²) in [5, 5.41) is 0.577. The molecule has 0 aliphatic rings. The molecule has 1 aromatic heterocycles. The maximum atomic E-state index is 6.12. The van der Waals surface area contributed by atoms with E-state index in [0.717, 1.165) is 22.4 Å². The summed E-state index contributed by atoms with van der Waals surface area (Å²) in [4.78, 5) is 4.51. The minimum absolute atomic E-state index is 0.564. The first kappa shape index (κ1) is 12.1. The molecule has 4 heteroatoms. The molecule has 0 bridgehead atoms. The highest BCUT2D eigenvalue weighted by atomic mass is 35.5. The molecule has 3 aromatic rings. The maximum Gasteiger partial charge on any atom is 0.227 e. The molecule has 1 heterocycles. The molecule has 2 aromatic carbocycles. The molecular formula is C15H12ClNO2. The van der Waals surface area contributed by atoms with E-state index in [2.05, 4.69) is 4.98 Å². The van der Waals surface area contributed by atoms with Crippen molar-refractivity contribution in [1.82, 2.24) is 4.98 Å². The molecule has 3 rings (SSSR count). The third-order valence-corrected chi connectivity index (χ3v) is 3.33. The zero-order valence-corrected chi connectivity index (χ0v) is 11.4. The number of benzene rings is 2. The molecule has 19 heavy (non-hydrogen) atoms. The lowest BCUT2D eigenvalue weighted by Gasteiger charge is -1.99. The average molecular weight is 274 g/mol. The Kier molecular flexibility index (Phi) is 2.91. The van der Waals surface area contributed by atoms with Gasteiger partial charge in [0.1, 0.15) is 11.3 Å². The monoisotopic (exact) mass is 273 g/mol. The normalized spacial score (nSPS) is 10.9. The fraction of sp³-hybridized carbons (Fsp3) is 0.133. The second-order valence-electron chi connectivity index (χ2n) is 4.29. The van der Waals surface area contributed by atoms with Gasteiger partial charge in [0.25, 0.3) is 0 Å². The molecule has 3 nitrogen and oxygen atoms in total. The molecule has 0 aliphatic heterocycles. The van der Waals surface area contributed by atoms with Crippen molar-refractivity contribution in [2.24, 2.45) is 0 Å². The number of hydrogen-bond donors (Lipinski definition) is 0. The average Bonchev–Trinajstić information content (AvgIpc) is 2.89. The first-order valence-corrected chi connectivity index (χ1v) is 6.27. The Morgan fingerprint density at radius 2 is 1.84 bits per heavy atom. The van der Waals surface area contributed by atoms with E-state index in [4.69, 9.17) is 20.8 Å². The summed E-state index contributed by atoms with van der Waals surface area (Å²) in [6.07, 6.45) is 0. The summed E-state index contributed by atoms with van der Waals surface area (Å²) in [5.41, 5.74) is 3.38. The van der Waals surface area contributed by atoms with Crippen molar-refractivity contribution in [1.29, 1.82) is 0 Å². The number of aryl methyl sites for hydroxylation is 1. The summed E-state index contributed by atoms with van der Waals surface area (Å²) in [6.45, 7) is 1.99. The van der Waals surface area contributed by atoms with Crippen LogP contribution in [-0.4, -0.2) is 12.1 Å². The van der Waals surface area contributed by atoms with Crippen LogP contribution < -0.4 is 4.74 Å². The molecule has 0 unspecified atom stereocenters. The van der Waals surface area contributed by atoms with Gasteiger partial charge < -0.3 is 9.15 Å². The summed E-state index contributed by atoms with van der Waals surface area (Å²) < 4.78 is 10.9. The lowest BCUT2D eigenvalue weighted by Crippen LogP contribution is -1.82. The SMILES string of the molecule is COc1ccc(-c2nc3c(C)ccc(Cl)c3o2)cc1. The van der Waals surface area contributed by atoms with Crippen LogP contribution in [-0.2, 0) is 0 Å². The van der Waals surface area contributed by atoms with E-state index in [-0.39, 0.29) is 0 Å². The van der Waals surface area contributed by atoms with Gasteiger partial charge in [0.15, 0.2) is 5.58 Å². The van der Waals surface area contributed by atoms with Gasteiger partial charge in [-0.05, 0) is 42.8 Å². The third-order valence-electron chi connectivity index (χ3n) is 3.03. The lowest BCUT2D eigenvalue weighted by atomic mass is 10.2. The first-order valence-electron chi connectivity index (χ1n) is 5.89. The largest absolute Gasteiger partial charge is 0.497 e. The molecule has 96 valence electrons. The van der Waals surface area contributed by atoms with Crippen LogP contribution in [0.15, 0.2) is 40.8 Å². The minimum Gasteiger partial charge on any atom is -0.497 e. The second kappa shape index (κ2) is 4.59. The van der Waals surface area contributed by atoms with Gasteiger partial charge in [-0.3, -0.25) is 0 Å². The van der Waals surface area contributed by atoms with Crippen molar-refractivity contribution in [3.8, 4) is 17.2 Å². The van der Waals surface area contributed by atoms with Crippen molar-refractivity contribution in [3.05, 3.63) is 47.0 Å². The standard InChI is InChI=1S/C15H12ClNO2/c1-9-3-8-12(16)14-13(9)17-15(19-14)10-4-6-11(18-2)7-5-10/h3-8H,1-2H3. The van der Waals surface area contributed by atoms with Gasteiger partial charge in [-0.2, -0.15) is 0 Å². The Morgan fingerprint density at radius 3 is 2.47 bits per heavy atom. The van der Waals surface area contributed by atoms with Crippen molar-refractivity contribution in [2.75, 3.05) is 7.11 Å². The van der Waals surface area contributed by atoms with E-state index in [0.29, 0.717) is 16.5 Å². The van der Waals surface area contributed by atoms with Gasteiger partial charge in [-0.25, -0.2) is 4.98 Å². The highest BCUT2D eigenvalue weighted by molar-refractivity contribution is 6.34. The fourth-order valence-corrected chi connectivity index (χ4v) is 2.15. The fourth-order valence-electron chi connectivity index (χ4n) is 1.96. The van der Waals surface area contributed by atoms with E-state index in [1.54, 1.807) is 7.11 Å². The van der Waals surface area contributed by atoms with E-state index in [9.17, 15) is 0 Å². The van der Waals surface area contributed by atoms with Crippen LogP contribution >= 0.6 is 11.6 Å². The van der Waals surface area contributed by atoms with Crippen LogP contribution in [0.2, 0.25) is 5.02 Å². The topological polar surface area (TPSA) is 35.3 Å². The number of aromatic nitrogens is 1. The minimum atomic E-state index is 0.564. The molecule has 0 saturated carbocycles. The van der Waals surface area contributed by atoms with Crippen LogP contribution in [0.3, 0.4) is 0 Å². The molecule has 0 atom stereocenters.